The van der Waals surface area contributed by atoms with Crippen LogP contribution in [0.4, 0.5) is 5.69 Å². The second-order valence-corrected chi connectivity index (χ2v) is 5.17. The minimum Gasteiger partial charge on any atom is -0.396 e. The number of carbonyl (C=O) groups excluding carboxylic acids is 1. The first-order valence-electron chi connectivity index (χ1n) is 6.35. The Kier molecular flexibility index (Phi) is 4.61. The molecule has 1 unspecified atom stereocenters. The number of anilines is 1. The number of nitrogens with zero attached hydrogens (tertiary/aromatic N) is 1. The van der Waals surface area contributed by atoms with Gasteiger partial charge in [-0.25, -0.2) is 0 Å². The zero-order valence-electron chi connectivity index (χ0n) is 10.3. The van der Waals surface area contributed by atoms with Gasteiger partial charge in [0.1, 0.15) is 0 Å². The first kappa shape index (κ1) is 13.4. The standard InChI is InChI=1S/C14H18ClNO2/c15-13-5-1-4-12(10-18)14(13)16-7-2-3-11(9-16)6-8-17/h1,4-5,10-11,17H,2-3,6-9H2. The second-order valence-electron chi connectivity index (χ2n) is 4.76. The van der Waals surface area contributed by atoms with Crippen LogP contribution in [0.5, 0.6) is 0 Å². The van der Waals surface area contributed by atoms with Crippen molar-refractivity contribution in [3.8, 4) is 0 Å². The highest BCUT2D eigenvalue weighted by Crippen LogP contribution is 2.32. The highest BCUT2D eigenvalue weighted by atomic mass is 35.5. The number of benzene rings is 1. The summed E-state index contributed by atoms with van der Waals surface area (Å²) >= 11 is 6.22. The minimum atomic E-state index is 0.224. The molecule has 2 rings (SSSR count). The van der Waals surface area contributed by atoms with Crippen LogP contribution < -0.4 is 4.90 Å². The van der Waals surface area contributed by atoms with E-state index in [4.69, 9.17) is 16.7 Å². The van der Waals surface area contributed by atoms with Crippen molar-refractivity contribution in [2.75, 3.05) is 24.6 Å². The Bertz CT molecular complexity index is 420. The fraction of sp³-hybridized carbons (Fsp3) is 0.500. The summed E-state index contributed by atoms with van der Waals surface area (Å²) in [5.74, 6) is 0.486. The molecular formula is C14H18ClNO2. The molecule has 1 atom stereocenters. The molecule has 1 heterocycles. The van der Waals surface area contributed by atoms with Crippen molar-refractivity contribution in [3.05, 3.63) is 28.8 Å². The molecule has 0 saturated carbocycles. The summed E-state index contributed by atoms with van der Waals surface area (Å²) < 4.78 is 0. The molecule has 1 fully saturated rings. The fourth-order valence-corrected chi connectivity index (χ4v) is 2.95. The lowest BCUT2D eigenvalue weighted by Gasteiger charge is -2.35. The van der Waals surface area contributed by atoms with Crippen LogP contribution in [0.3, 0.4) is 0 Å². The normalized spacial score (nSPS) is 19.9. The SMILES string of the molecule is O=Cc1cccc(Cl)c1N1CCCC(CCO)C1. The average Bonchev–Trinajstić information content (AvgIpc) is 2.39. The summed E-state index contributed by atoms with van der Waals surface area (Å²) in [6.45, 7) is 2.01. The van der Waals surface area contributed by atoms with Crippen molar-refractivity contribution >= 4 is 23.6 Å². The van der Waals surface area contributed by atoms with E-state index < -0.39 is 0 Å². The van der Waals surface area contributed by atoms with Crippen molar-refractivity contribution < 1.29 is 9.90 Å². The highest BCUT2D eigenvalue weighted by molar-refractivity contribution is 6.33. The van der Waals surface area contributed by atoms with Crippen molar-refractivity contribution in [1.29, 1.82) is 0 Å². The van der Waals surface area contributed by atoms with Crippen LogP contribution in [0.1, 0.15) is 29.6 Å². The maximum Gasteiger partial charge on any atom is 0.152 e. The molecule has 4 heteroatoms. The molecule has 0 bridgehead atoms. The maximum atomic E-state index is 11.1. The number of piperidine rings is 1. The van der Waals surface area contributed by atoms with E-state index >= 15 is 0 Å². The van der Waals surface area contributed by atoms with Crippen LogP contribution in [0, 0.1) is 5.92 Å². The third kappa shape index (κ3) is 2.85. The van der Waals surface area contributed by atoms with E-state index in [-0.39, 0.29) is 6.61 Å². The number of rotatable bonds is 4. The smallest absolute Gasteiger partial charge is 0.152 e. The first-order valence-corrected chi connectivity index (χ1v) is 6.73. The number of hydrogen-bond acceptors (Lipinski definition) is 3. The van der Waals surface area contributed by atoms with Gasteiger partial charge in [-0.2, -0.15) is 0 Å². The molecule has 1 aliphatic heterocycles. The van der Waals surface area contributed by atoms with Gasteiger partial charge in [-0.05, 0) is 37.3 Å². The van der Waals surface area contributed by atoms with E-state index in [2.05, 4.69) is 4.90 Å². The topological polar surface area (TPSA) is 40.5 Å². The molecule has 18 heavy (non-hydrogen) atoms. The van der Waals surface area contributed by atoms with E-state index in [1.54, 1.807) is 12.1 Å². The van der Waals surface area contributed by atoms with E-state index in [9.17, 15) is 4.79 Å². The molecule has 1 N–H and O–H groups in total. The Morgan fingerprint density at radius 1 is 1.50 bits per heavy atom. The molecule has 1 aromatic rings. The summed E-state index contributed by atoms with van der Waals surface area (Å²) in [6.07, 6.45) is 3.89. The Hall–Kier alpha value is -1.06. The van der Waals surface area contributed by atoms with Crippen LogP contribution in [0.15, 0.2) is 18.2 Å². The molecule has 1 aliphatic rings. The summed E-state index contributed by atoms with van der Waals surface area (Å²) in [5, 5.41) is 9.66. The van der Waals surface area contributed by atoms with Gasteiger partial charge < -0.3 is 10.0 Å². The fourth-order valence-electron chi connectivity index (χ4n) is 2.65. The van der Waals surface area contributed by atoms with E-state index in [0.717, 1.165) is 44.3 Å². The Balaban J connectivity index is 2.22. The van der Waals surface area contributed by atoms with Crippen LogP contribution in [-0.2, 0) is 0 Å². The second kappa shape index (κ2) is 6.21. The van der Waals surface area contributed by atoms with E-state index in [0.29, 0.717) is 16.5 Å². The zero-order chi connectivity index (χ0) is 13.0. The Labute approximate surface area is 112 Å². The maximum absolute atomic E-state index is 11.1. The molecule has 0 amide bonds. The molecule has 1 saturated heterocycles. The number of para-hydroxylation sites is 1. The summed E-state index contributed by atoms with van der Waals surface area (Å²) in [6, 6.07) is 5.41. The number of aliphatic hydroxyl groups excluding tert-OH is 1. The van der Waals surface area contributed by atoms with Gasteiger partial charge >= 0.3 is 0 Å². The highest BCUT2D eigenvalue weighted by Gasteiger charge is 2.22. The van der Waals surface area contributed by atoms with Crippen molar-refractivity contribution in [3.63, 3.8) is 0 Å². The molecule has 3 nitrogen and oxygen atoms in total. The van der Waals surface area contributed by atoms with E-state index in [1.165, 1.54) is 0 Å². The van der Waals surface area contributed by atoms with Crippen LogP contribution >= 0.6 is 11.6 Å². The van der Waals surface area contributed by atoms with Crippen molar-refractivity contribution in [2.24, 2.45) is 5.92 Å². The molecule has 0 spiro atoms. The van der Waals surface area contributed by atoms with Gasteiger partial charge in [-0.15, -0.1) is 0 Å². The number of aldehydes is 1. The van der Waals surface area contributed by atoms with Gasteiger partial charge in [0.2, 0.25) is 0 Å². The number of hydrogen-bond donors (Lipinski definition) is 1. The van der Waals surface area contributed by atoms with E-state index in [1.807, 2.05) is 6.07 Å². The number of carbonyl (C=O) groups is 1. The van der Waals surface area contributed by atoms with Gasteiger partial charge in [0, 0.05) is 25.3 Å². The predicted octanol–water partition coefficient (Wildman–Crippen LogP) is 2.75. The minimum absolute atomic E-state index is 0.224. The predicted molar refractivity (Wildman–Crippen MR) is 73.5 cm³/mol. The van der Waals surface area contributed by atoms with Crippen LogP contribution in [0.25, 0.3) is 0 Å². The van der Waals surface area contributed by atoms with Gasteiger partial charge in [0.25, 0.3) is 0 Å². The lowest BCUT2D eigenvalue weighted by Crippen LogP contribution is -2.36. The third-order valence-corrected chi connectivity index (χ3v) is 3.82. The van der Waals surface area contributed by atoms with Crippen molar-refractivity contribution in [2.45, 2.75) is 19.3 Å². The summed E-state index contributed by atoms with van der Waals surface area (Å²) in [5.41, 5.74) is 1.49. The Morgan fingerprint density at radius 3 is 3.06 bits per heavy atom. The van der Waals surface area contributed by atoms with Crippen LogP contribution in [-0.4, -0.2) is 31.1 Å². The summed E-state index contributed by atoms with van der Waals surface area (Å²) in [4.78, 5) is 13.3. The molecular weight excluding hydrogens is 250 g/mol. The van der Waals surface area contributed by atoms with Gasteiger partial charge in [-0.3, -0.25) is 4.79 Å². The van der Waals surface area contributed by atoms with Gasteiger partial charge in [0.05, 0.1) is 10.7 Å². The van der Waals surface area contributed by atoms with Crippen LogP contribution in [0.2, 0.25) is 5.02 Å². The Morgan fingerprint density at radius 2 is 2.33 bits per heavy atom. The summed E-state index contributed by atoms with van der Waals surface area (Å²) in [7, 11) is 0. The van der Waals surface area contributed by atoms with Crippen molar-refractivity contribution in [1.82, 2.24) is 0 Å². The lowest BCUT2D eigenvalue weighted by atomic mass is 9.94. The quantitative estimate of drug-likeness (QED) is 0.853. The number of halogens is 1. The third-order valence-electron chi connectivity index (χ3n) is 3.52. The molecule has 98 valence electrons. The molecule has 0 aliphatic carbocycles. The molecule has 0 radical (unpaired) electrons. The number of aliphatic hydroxyl groups is 1. The van der Waals surface area contributed by atoms with Gasteiger partial charge in [-0.1, -0.05) is 17.7 Å². The lowest BCUT2D eigenvalue weighted by molar-refractivity contribution is 0.112. The molecule has 0 aromatic heterocycles. The molecule has 1 aromatic carbocycles. The average molecular weight is 268 g/mol. The van der Waals surface area contributed by atoms with Gasteiger partial charge in [0.15, 0.2) is 6.29 Å². The largest absolute Gasteiger partial charge is 0.396 e. The first-order chi connectivity index (χ1) is 8.76. The monoisotopic (exact) mass is 267 g/mol. The zero-order valence-corrected chi connectivity index (χ0v) is 11.1.